The van der Waals surface area contributed by atoms with Crippen molar-refractivity contribution in [2.75, 3.05) is 18.6 Å². The third kappa shape index (κ3) is 7.46. The van der Waals surface area contributed by atoms with Crippen LogP contribution < -0.4 is 21.7 Å². The number of likely N-dealkylation sites (tertiary alicyclic amines) is 1. The summed E-state index contributed by atoms with van der Waals surface area (Å²) >= 11 is 1.36. The zero-order valence-corrected chi connectivity index (χ0v) is 18.9. The number of hydrogen-bond donors (Lipinski definition) is 4. The molecule has 1 saturated heterocycles. The summed E-state index contributed by atoms with van der Waals surface area (Å²) in [4.78, 5) is 51.1. The molecule has 1 heterocycles. The largest absolute Gasteiger partial charge is 0.368 e. The minimum atomic E-state index is -0.899. The number of hydrogen-bond acceptors (Lipinski definition) is 5. The Morgan fingerprint density at radius 1 is 1.16 bits per heavy atom. The van der Waals surface area contributed by atoms with Crippen LogP contribution in [-0.4, -0.2) is 71.4 Å². The van der Waals surface area contributed by atoms with Crippen molar-refractivity contribution in [2.24, 2.45) is 5.73 Å². The second-order valence-electron chi connectivity index (χ2n) is 7.85. The molecule has 2 rings (SSSR count). The summed E-state index contributed by atoms with van der Waals surface area (Å²) in [5.41, 5.74) is 6.37. The van der Waals surface area contributed by atoms with Gasteiger partial charge in [-0.3, -0.25) is 14.4 Å². The Balaban J connectivity index is 2.10. The number of amides is 5. The molecule has 3 atom stereocenters. The molecule has 0 bridgehead atoms. The van der Waals surface area contributed by atoms with Crippen LogP contribution in [0.3, 0.4) is 0 Å². The van der Waals surface area contributed by atoms with Crippen molar-refractivity contribution in [1.29, 1.82) is 0 Å². The van der Waals surface area contributed by atoms with E-state index in [1.807, 2.05) is 44.2 Å². The Hall–Kier alpha value is -2.75. The number of primary amides is 1. The molecule has 5 N–H and O–H groups in total. The predicted molar refractivity (Wildman–Crippen MR) is 120 cm³/mol. The molecule has 0 unspecified atom stereocenters. The van der Waals surface area contributed by atoms with E-state index in [0.29, 0.717) is 0 Å². The van der Waals surface area contributed by atoms with Gasteiger partial charge in [0, 0.05) is 19.0 Å². The first-order valence-electron chi connectivity index (χ1n) is 10.2. The topological polar surface area (TPSA) is 134 Å². The highest BCUT2D eigenvalue weighted by Crippen LogP contribution is 2.20. The molecule has 1 aliphatic rings. The van der Waals surface area contributed by atoms with Gasteiger partial charge in [0.25, 0.3) is 0 Å². The minimum Gasteiger partial charge on any atom is -0.368 e. The Kier molecular flexibility index (Phi) is 9.17. The van der Waals surface area contributed by atoms with Crippen molar-refractivity contribution < 1.29 is 19.2 Å². The van der Waals surface area contributed by atoms with Crippen LogP contribution in [0.1, 0.15) is 25.8 Å². The molecule has 1 aliphatic heterocycles. The first kappa shape index (κ1) is 24.5. The van der Waals surface area contributed by atoms with Gasteiger partial charge < -0.3 is 26.6 Å². The monoisotopic (exact) mass is 449 g/mol. The maximum Gasteiger partial charge on any atom is 0.315 e. The summed E-state index contributed by atoms with van der Waals surface area (Å²) in [6.45, 7) is 3.91. The fraction of sp³-hybridized carbons (Fsp3) is 0.524. The number of nitrogens with two attached hydrogens (primary N) is 1. The number of rotatable bonds is 9. The summed E-state index contributed by atoms with van der Waals surface area (Å²) in [6.07, 6.45) is 2.32. The number of nitrogens with zero attached hydrogens (tertiary/aromatic N) is 1. The molecule has 31 heavy (non-hydrogen) atoms. The molecule has 1 aromatic rings. The number of thioether (sulfide) groups is 1. The van der Waals surface area contributed by atoms with Crippen LogP contribution in [0.5, 0.6) is 0 Å². The fourth-order valence-electron chi connectivity index (χ4n) is 3.50. The first-order valence-corrected chi connectivity index (χ1v) is 11.6. The average molecular weight is 450 g/mol. The molecular formula is C21H31N5O4S. The zero-order valence-electron chi connectivity index (χ0n) is 18.1. The summed E-state index contributed by atoms with van der Waals surface area (Å²) in [6, 6.07) is 6.78. The molecule has 0 spiro atoms. The van der Waals surface area contributed by atoms with Gasteiger partial charge in [0.2, 0.25) is 17.7 Å². The number of carbonyl (C=O) groups excluding carboxylic acids is 4. The van der Waals surface area contributed by atoms with Gasteiger partial charge in [0.1, 0.15) is 12.1 Å². The summed E-state index contributed by atoms with van der Waals surface area (Å²) in [7, 11) is 0. The standard InChI is InChI=1S/C21H31N5O4S/c1-13(2)23-21(30)24-15-10-17(26(11-15)18(27)12-31-3)20(29)25-16(19(22)28)9-14-7-5-4-6-8-14/h4-8,13,15-17H,9-12H2,1-3H3,(H2,22,28)(H,25,29)(H2,23,24,30)/t15-,16-,17+/m1/s1. The zero-order chi connectivity index (χ0) is 23.0. The van der Waals surface area contributed by atoms with Crippen LogP contribution in [0.25, 0.3) is 0 Å². The molecule has 5 amide bonds. The molecule has 170 valence electrons. The van der Waals surface area contributed by atoms with Crippen LogP contribution in [-0.2, 0) is 20.8 Å². The van der Waals surface area contributed by atoms with Crippen molar-refractivity contribution in [3.05, 3.63) is 35.9 Å². The molecule has 0 saturated carbocycles. The second-order valence-corrected chi connectivity index (χ2v) is 8.72. The maximum absolute atomic E-state index is 13.0. The Morgan fingerprint density at radius 2 is 1.84 bits per heavy atom. The van der Waals surface area contributed by atoms with Gasteiger partial charge >= 0.3 is 6.03 Å². The van der Waals surface area contributed by atoms with Gasteiger partial charge in [-0.05, 0) is 32.1 Å². The molecule has 9 nitrogen and oxygen atoms in total. The summed E-state index contributed by atoms with van der Waals surface area (Å²) < 4.78 is 0. The normalized spacial score (nSPS) is 19.0. The molecule has 0 radical (unpaired) electrons. The lowest BCUT2D eigenvalue weighted by atomic mass is 10.0. The highest BCUT2D eigenvalue weighted by Gasteiger charge is 2.40. The lowest BCUT2D eigenvalue weighted by Gasteiger charge is -2.25. The van der Waals surface area contributed by atoms with Gasteiger partial charge in [-0.1, -0.05) is 30.3 Å². The van der Waals surface area contributed by atoms with Crippen molar-refractivity contribution >= 4 is 35.5 Å². The average Bonchev–Trinajstić information content (AvgIpc) is 3.11. The summed E-state index contributed by atoms with van der Waals surface area (Å²) in [5.74, 6) is -1.08. The molecule has 0 aliphatic carbocycles. The van der Waals surface area contributed by atoms with Gasteiger partial charge in [-0.2, -0.15) is 11.8 Å². The molecule has 1 fully saturated rings. The van der Waals surface area contributed by atoms with E-state index < -0.39 is 23.9 Å². The van der Waals surface area contributed by atoms with Gasteiger partial charge in [-0.15, -0.1) is 0 Å². The molecule has 10 heteroatoms. The van der Waals surface area contributed by atoms with Gasteiger partial charge in [-0.25, -0.2) is 4.79 Å². The van der Waals surface area contributed by atoms with E-state index in [-0.39, 0.29) is 49.2 Å². The number of urea groups is 1. The quantitative estimate of drug-likeness (QED) is 0.429. The van der Waals surface area contributed by atoms with E-state index in [1.165, 1.54) is 16.7 Å². The molecule has 0 aromatic heterocycles. The van der Waals surface area contributed by atoms with Crippen LogP contribution in [0.4, 0.5) is 4.79 Å². The van der Waals surface area contributed by atoms with E-state index in [0.717, 1.165) is 5.56 Å². The number of benzene rings is 1. The van der Waals surface area contributed by atoms with E-state index >= 15 is 0 Å². The Morgan fingerprint density at radius 3 is 2.42 bits per heavy atom. The highest BCUT2D eigenvalue weighted by atomic mass is 32.2. The van der Waals surface area contributed by atoms with Gasteiger partial charge in [0.15, 0.2) is 0 Å². The van der Waals surface area contributed by atoms with E-state index in [1.54, 1.807) is 6.26 Å². The van der Waals surface area contributed by atoms with Crippen molar-refractivity contribution in [1.82, 2.24) is 20.9 Å². The van der Waals surface area contributed by atoms with Crippen molar-refractivity contribution in [3.63, 3.8) is 0 Å². The SMILES string of the molecule is CSCC(=O)N1C[C@H](NC(=O)NC(C)C)C[C@H]1C(=O)N[C@H](Cc1ccccc1)C(N)=O. The third-order valence-corrected chi connectivity index (χ3v) is 5.43. The highest BCUT2D eigenvalue weighted by molar-refractivity contribution is 7.99. The van der Waals surface area contributed by atoms with E-state index in [4.69, 9.17) is 5.73 Å². The van der Waals surface area contributed by atoms with Crippen LogP contribution >= 0.6 is 11.8 Å². The maximum atomic E-state index is 13.0. The first-order chi connectivity index (χ1) is 14.7. The Labute approximate surface area is 186 Å². The molecule has 1 aromatic carbocycles. The smallest absolute Gasteiger partial charge is 0.315 e. The van der Waals surface area contributed by atoms with Crippen LogP contribution in [0.2, 0.25) is 0 Å². The van der Waals surface area contributed by atoms with Crippen LogP contribution in [0, 0.1) is 0 Å². The van der Waals surface area contributed by atoms with Crippen LogP contribution in [0.15, 0.2) is 30.3 Å². The van der Waals surface area contributed by atoms with Crippen molar-refractivity contribution in [3.8, 4) is 0 Å². The Bertz CT molecular complexity index is 789. The predicted octanol–water partition coefficient (Wildman–Crippen LogP) is 0.239. The third-order valence-electron chi connectivity index (χ3n) is 4.89. The lowest BCUT2D eigenvalue weighted by molar-refractivity contribution is -0.137. The minimum absolute atomic E-state index is 0.0379. The van der Waals surface area contributed by atoms with Gasteiger partial charge in [0.05, 0.1) is 11.8 Å². The number of nitrogens with one attached hydrogen (secondary N) is 3. The molecular weight excluding hydrogens is 418 g/mol. The second kappa shape index (κ2) is 11.6. The lowest BCUT2D eigenvalue weighted by Crippen LogP contribution is -2.53. The van der Waals surface area contributed by atoms with E-state index in [9.17, 15) is 19.2 Å². The van der Waals surface area contributed by atoms with Crippen molar-refractivity contribution in [2.45, 2.75) is 50.9 Å². The van der Waals surface area contributed by atoms with E-state index in [2.05, 4.69) is 16.0 Å². The summed E-state index contributed by atoms with van der Waals surface area (Å²) in [5, 5.41) is 8.25. The number of carbonyl (C=O) groups is 4. The fourth-order valence-corrected chi connectivity index (χ4v) is 3.91.